The van der Waals surface area contributed by atoms with E-state index < -0.39 is 12.0 Å². The third-order valence-corrected chi connectivity index (χ3v) is 2.64. The summed E-state index contributed by atoms with van der Waals surface area (Å²) in [4.78, 5) is 23.8. The van der Waals surface area contributed by atoms with Crippen LogP contribution in [0.15, 0.2) is 0 Å². The van der Waals surface area contributed by atoms with Crippen molar-refractivity contribution in [3.63, 3.8) is 0 Å². The largest absolute Gasteiger partial charge is 0.480 e. The van der Waals surface area contributed by atoms with Crippen LogP contribution in [-0.2, 0) is 9.59 Å². The fourth-order valence-electron chi connectivity index (χ4n) is 1.64. The number of hydrogen-bond acceptors (Lipinski definition) is 3. The second-order valence-electron chi connectivity index (χ2n) is 3.46. The van der Waals surface area contributed by atoms with Crippen LogP contribution in [0.5, 0.6) is 0 Å². The first-order valence-corrected chi connectivity index (χ1v) is 4.95. The van der Waals surface area contributed by atoms with E-state index in [1.807, 2.05) is 0 Å². The summed E-state index contributed by atoms with van der Waals surface area (Å²) in [5, 5.41) is 8.88. The number of carbonyl (C=O) groups excluding carboxylic acids is 1. The average Bonchev–Trinajstić information content (AvgIpc) is 2.49. The number of ketones is 1. The summed E-state index contributed by atoms with van der Waals surface area (Å²) in [5.74, 6) is -0.876. The molecule has 1 aliphatic heterocycles. The molecular formula is C9H13NO3S. The number of carboxylic acid groups (broad SMARTS) is 1. The van der Waals surface area contributed by atoms with E-state index in [1.54, 1.807) is 4.90 Å². The standard InChI is InChI=1S/C9H13NO3S/c1-6(11)5-8(14)10-4-2-3-7(10)9(12)13/h7H,2-5H2,1H3,(H,12,13)/t7-/m0/s1. The molecule has 1 heterocycles. The number of carbonyl (C=O) groups is 2. The predicted molar refractivity (Wildman–Crippen MR) is 55.3 cm³/mol. The monoisotopic (exact) mass is 215 g/mol. The zero-order chi connectivity index (χ0) is 10.7. The van der Waals surface area contributed by atoms with Gasteiger partial charge < -0.3 is 10.0 Å². The molecule has 1 atom stereocenters. The Hall–Kier alpha value is -0.970. The van der Waals surface area contributed by atoms with E-state index in [1.165, 1.54) is 6.92 Å². The van der Waals surface area contributed by atoms with Crippen molar-refractivity contribution < 1.29 is 14.7 Å². The Bertz CT molecular complexity index is 277. The highest BCUT2D eigenvalue weighted by Crippen LogP contribution is 2.19. The van der Waals surface area contributed by atoms with Crippen LogP contribution in [-0.4, -0.2) is 39.3 Å². The van der Waals surface area contributed by atoms with E-state index in [0.717, 1.165) is 6.42 Å². The second kappa shape index (κ2) is 4.50. The van der Waals surface area contributed by atoms with Gasteiger partial charge in [-0.15, -0.1) is 0 Å². The van der Waals surface area contributed by atoms with E-state index in [9.17, 15) is 9.59 Å². The highest BCUT2D eigenvalue weighted by molar-refractivity contribution is 7.80. The normalized spacial score (nSPS) is 20.9. The smallest absolute Gasteiger partial charge is 0.326 e. The SMILES string of the molecule is CC(=O)CC(=S)N1CCC[C@H]1C(=O)O. The van der Waals surface area contributed by atoms with Crippen LogP contribution < -0.4 is 0 Å². The van der Waals surface area contributed by atoms with Gasteiger partial charge in [-0.05, 0) is 19.8 Å². The Morgan fingerprint density at radius 2 is 2.21 bits per heavy atom. The van der Waals surface area contributed by atoms with Crippen LogP contribution in [0.3, 0.4) is 0 Å². The van der Waals surface area contributed by atoms with Crippen molar-refractivity contribution in [3.05, 3.63) is 0 Å². The Balaban J connectivity index is 2.62. The van der Waals surface area contributed by atoms with Crippen LogP contribution in [0.25, 0.3) is 0 Å². The topological polar surface area (TPSA) is 57.6 Å². The molecule has 1 saturated heterocycles. The molecule has 5 heteroatoms. The maximum Gasteiger partial charge on any atom is 0.326 e. The van der Waals surface area contributed by atoms with Crippen molar-refractivity contribution in [2.45, 2.75) is 32.2 Å². The fraction of sp³-hybridized carbons (Fsp3) is 0.667. The lowest BCUT2D eigenvalue weighted by molar-refractivity contribution is -0.141. The molecule has 0 aromatic rings. The molecule has 14 heavy (non-hydrogen) atoms. The Morgan fingerprint density at radius 1 is 1.57 bits per heavy atom. The molecule has 1 N–H and O–H groups in total. The quantitative estimate of drug-likeness (QED) is 0.707. The molecular weight excluding hydrogens is 202 g/mol. The molecule has 78 valence electrons. The summed E-state index contributed by atoms with van der Waals surface area (Å²) >= 11 is 5.03. The van der Waals surface area contributed by atoms with Gasteiger partial charge in [-0.3, -0.25) is 4.79 Å². The molecule has 0 radical (unpaired) electrons. The van der Waals surface area contributed by atoms with Crippen LogP contribution in [0.1, 0.15) is 26.2 Å². The summed E-state index contributed by atoms with van der Waals surface area (Å²) in [7, 11) is 0. The molecule has 0 aromatic carbocycles. The number of aliphatic carboxylic acids is 1. The van der Waals surface area contributed by atoms with Crippen molar-refractivity contribution in [1.82, 2.24) is 4.90 Å². The van der Waals surface area contributed by atoms with Gasteiger partial charge in [0, 0.05) is 6.54 Å². The minimum Gasteiger partial charge on any atom is -0.480 e. The predicted octanol–water partition coefficient (Wildman–Crippen LogP) is 0.842. The van der Waals surface area contributed by atoms with Gasteiger partial charge in [0.2, 0.25) is 0 Å². The van der Waals surface area contributed by atoms with Crippen molar-refractivity contribution in [2.75, 3.05) is 6.54 Å². The number of thiocarbonyl (C=S) groups is 1. The number of carboxylic acids is 1. The minimum atomic E-state index is -0.853. The van der Waals surface area contributed by atoms with E-state index in [0.29, 0.717) is 18.0 Å². The van der Waals surface area contributed by atoms with Crippen LogP contribution in [0, 0.1) is 0 Å². The first-order chi connectivity index (χ1) is 6.52. The number of likely N-dealkylation sites (tertiary alicyclic amines) is 1. The van der Waals surface area contributed by atoms with E-state index in [-0.39, 0.29) is 12.2 Å². The Morgan fingerprint density at radius 3 is 2.71 bits per heavy atom. The first-order valence-electron chi connectivity index (χ1n) is 4.54. The minimum absolute atomic E-state index is 0.0222. The summed E-state index contributed by atoms with van der Waals surface area (Å²) in [5.41, 5.74) is 0. The number of rotatable bonds is 3. The summed E-state index contributed by atoms with van der Waals surface area (Å²) in [6.07, 6.45) is 1.63. The molecule has 1 aliphatic rings. The van der Waals surface area contributed by atoms with Crippen molar-refractivity contribution >= 4 is 29.0 Å². The van der Waals surface area contributed by atoms with Gasteiger partial charge >= 0.3 is 5.97 Å². The summed E-state index contributed by atoms with van der Waals surface area (Å²) < 4.78 is 0. The maximum atomic E-state index is 10.8. The van der Waals surface area contributed by atoms with E-state index in [2.05, 4.69) is 0 Å². The molecule has 0 unspecified atom stereocenters. The molecule has 4 nitrogen and oxygen atoms in total. The van der Waals surface area contributed by atoms with Gasteiger partial charge in [0.25, 0.3) is 0 Å². The van der Waals surface area contributed by atoms with Crippen LogP contribution in [0.4, 0.5) is 0 Å². The van der Waals surface area contributed by atoms with Crippen molar-refractivity contribution in [2.24, 2.45) is 0 Å². The summed E-state index contributed by atoms with van der Waals surface area (Å²) in [6, 6.07) is -0.526. The maximum absolute atomic E-state index is 10.8. The van der Waals surface area contributed by atoms with Gasteiger partial charge in [0.1, 0.15) is 11.8 Å². The molecule has 0 amide bonds. The molecule has 0 spiro atoms. The fourth-order valence-corrected chi connectivity index (χ4v) is 2.06. The number of Topliss-reactive ketones (excluding diaryl/α,β-unsaturated/α-hetero) is 1. The number of hydrogen-bond donors (Lipinski definition) is 1. The third-order valence-electron chi connectivity index (χ3n) is 2.26. The van der Waals surface area contributed by atoms with Gasteiger partial charge in [0.15, 0.2) is 0 Å². The Labute approximate surface area is 87.9 Å². The third kappa shape index (κ3) is 2.51. The zero-order valence-corrected chi connectivity index (χ0v) is 8.84. The number of nitrogens with zero attached hydrogens (tertiary/aromatic N) is 1. The van der Waals surface area contributed by atoms with Crippen molar-refractivity contribution in [1.29, 1.82) is 0 Å². The first kappa shape index (κ1) is 11.1. The Kier molecular flexibility index (Phi) is 3.57. The zero-order valence-electron chi connectivity index (χ0n) is 8.02. The molecule has 1 fully saturated rings. The van der Waals surface area contributed by atoms with Gasteiger partial charge in [-0.2, -0.15) is 0 Å². The lowest BCUT2D eigenvalue weighted by Crippen LogP contribution is -2.40. The average molecular weight is 215 g/mol. The molecule has 0 aliphatic carbocycles. The van der Waals surface area contributed by atoms with E-state index in [4.69, 9.17) is 17.3 Å². The van der Waals surface area contributed by atoms with Crippen LogP contribution >= 0.6 is 12.2 Å². The van der Waals surface area contributed by atoms with Crippen LogP contribution in [0.2, 0.25) is 0 Å². The van der Waals surface area contributed by atoms with E-state index >= 15 is 0 Å². The lowest BCUT2D eigenvalue weighted by Gasteiger charge is -2.23. The second-order valence-corrected chi connectivity index (χ2v) is 3.93. The lowest BCUT2D eigenvalue weighted by atomic mass is 10.2. The highest BCUT2D eigenvalue weighted by Gasteiger charge is 2.31. The van der Waals surface area contributed by atoms with Gasteiger partial charge in [-0.1, -0.05) is 12.2 Å². The van der Waals surface area contributed by atoms with Gasteiger partial charge in [0.05, 0.1) is 11.4 Å². The molecule has 0 aromatic heterocycles. The van der Waals surface area contributed by atoms with Gasteiger partial charge in [-0.25, -0.2) is 4.79 Å². The summed E-state index contributed by atoms with van der Waals surface area (Å²) in [6.45, 7) is 2.11. The highest BCUT2D eigenvalue weighted by atomic mass is 32.1. The molecule has 1 rings (SSSR count). The molecule has 0 saturated carbocycles. The van der Waals surface area contributed by atoms with Crippen molar-refractivity contribution in [3.8, 4) is 0 Å². The molecule has 0 bridgehead atoms.